The fraction of sp³-hybridized carbons (Fsp3) is 0.500. The van der Waals surface area contributed by atoms with Gasteiger partial charge >= 0.3 is 5.97 Å². The van der Waals surface area contributed by atoms with Gasteiger partial charge in [0.15, 0.2) is 0 Å². The zero-order valence-electron chi connectivity index (χ0n) is 4.57. The molecule has 0 saturated heterocycles. The number of hydrogen-bond acceptors (Lipinski definition) is 4. The van der Waals surface area contributed by atoms with Crippen molar-refractivity contribution in [3.05, 3.63) is 0 Å². The average molecular weight is 146 g/mol. The van der Waals surface area contributed by atoms with Gasteiger partial charge < -0.3 is 5.11 Å². The largest absolute Gasteiger partial charge is 0.481 e. The van der Waals surface area contributed by atoms with Crippen LogP contribution in [0.2, 0.25) is 0 Å². The molecule has 5 heteroatoms. The molecule has 1 rings (SSSR count). The average Bonchev–Trinajstić information content (AvgIpc) is 2.15. The SMILES string of the molecule is O=C(O)CC1NN=CS1. The van der Waals surface area contributed by atoms with E-state index < -0.39 is 5.97 Å². The highest BCUT2D eigenvalue weighted by atomic mass is 32.2. The van der Waals surface area contributed by atoms with E-state index >= 15 is 0 Å². The summed E-state index contributed by atoms with van der Waals surface area (Å²) < 4.78 is 0. The van der Waals surface area contributed by atoms with Crippen molar-refractivity contribution in [3.8, 4) is 0 Å². The maximum absolute atomic E-state index is 10.0. The molecular formula is C4H6N2O2S. The number of hydrazone groups is 1. The van der Waals surface area contributed by atoms with Crippen LogP contribution in [0.1, 0.15) is 6.42 Å². The van der Waals surface area contributed by atoms with Gasteiger partial charge in [-0.15, -0.1) is 0 Å². The predicted octanol–water partition coefficient (Wildman–Crippen LogP) is 0.0669. The summed E-state index contributed by atoms with van der Waals surface area (Å²) in [4.78, 5) is 10.0. The lowest BCUT2D eigenvalue weighted by molar-refractivity contribution is -0.137. The minimum atomic E-state index is -0.800. The Labute approximate surface area is 56.3 Å². The number of rotatable bonds is 2. The highest BCUT2D eigenvalue weighted by Gasteiger charge is 2.14. The van der Waals surface area contributed by atoms with E-state index in [1.54, 1.807) is 5.55 Å². The van der Waals surface area contributed by atoms with E-state index in [0.29, 0.717) is 0 Å². The van der Waals surface area contributed by atoms with E-state index in [-0.39, 0.29) is 11.8 Å². The number of hydrogen-bond donors (Lipinski definition) is 2. The molecule has 2 N–H and O–H groups in total. The van der Waals surface area contributed by atoms with Gasteiger partial charge in [0.2, 0.25) is 0 Å². The molecule has 50 valence electrons. The van der Waals surface area contributed by atoms with Crippen molar-refractivity contribution in [2.75, 3.05) is 0 Å². The third kappa shape index (κ3) is 1.93. The zero-order chi connectivity index (χ0) is 6.69. The Kier molecular flexibility index (Phi) is 1.94. The van der Waals surface area contributed by atoms with Crippen molar-refractivity contribution >= 4 is 23.3 Å². The first-order valence-electron chi connectivity index (χ1n) is 2.43. The van der Waals surface area contributed by atoms with Crippen molar-refractivity contribution < 1.29 is 9.90 Å². The van der Waals surface area contributed by atoms with Gasteiger partial charge in [0.05, 0.1) is 12.0 Å². The van der Waals surface area contributed by atoms with Crippen LogP contribution in [0.3, 0.4) is 0 Å². The number of thioether (sulfide) groups is 1. The van der Waals surface area contributed by atoms with Crippen LogP contribution in [0.4, 0.5) is 0 Å². The van der Waals surface area contributed by atoms with E-state index in [0.717, 1.165) is 0 Å². The maximum Gasteiger partial charge on any atom is 0.306 e. The van der Waals surface area contributed by atoms with E-state index in [1.165, 1.54) is 11.8 Å². The fourth-order valence-electron chi connectivity index (χ4n) is 0.500. The number of carboxylic acids is 1. The summed E-state index contributed by atoms with van der Waals surface area (Å²) in [5.41, 5.74) is 4.24. The normalized spacial score (nSPS) is 23.8. The summed E-state index contributed by atoms with van der Waals surface area (Å²) in [6, 6.07) is 0. The first-order chi connectivity index (χ1) is 4.29. The number of carbonyl (C=O) groups is 1. The van der Waals surface area contributed by atoms with Gasteiger partial charge in [-0.05, 0) is 0 Å². The molecule has 1 unspecified atom stereocenters. The molecule has 0 radical (unpaired) electrons. The van der Waals surface area contributed by atoms with Gasteiger partial charge in [0.1, 0.15) is 5.37 Å². The summed E-state index contributed by atoms with van der Waals surface area (Å²) in [5, 5.41) is 11.8. The van der Waals surface area contributed by atoms with Crippen LogP contribution in [0, 0.1) is 0 Å². The van der Waals surface area contributed by atoms with Crippen LogP contribution in [0.25, 0.3) is 0 Å². The van der Waals surface area contributed by atoms with Crippen LogP contribution >= 0.6 is 11.8 Å². The Morgan fingerprint density at radius 2 is 2.78 bits per heavy atom. The van der Waals surface area contributed by atoms with Gasteiger partial charge in [-0.1, -0.05) is 11.8 Å². The van der Waals surface area contributed by atoms with Crippen molar-refractivity contribution in [1.82, 2.24) is 5.43 Å². The summed E-state index contributed by atoms with van der Waals surface area (Å²) in [6.45, 7) is 0. The molecule has 0 amide bonds. The Morgan fingerprint density at radius 3 is 3.22 bits per heavy atom. The first-order valence-corrected chi connectivity index (χ1v) is 3.37. The van der Waals surface area contributed by atoms with Crippen molar-refractivity contribution in [1.29, 1.82) is 0 Å². The molecular weight excluding hydrogens is 140 g/mol. The molecule has 1 aliphatic rings. The van der Waals surface area contributed by atoms with Crippen LogP contribution in [-0.4, -0.2) is 22.0 Å². The second-order valence-corrected chi connectivity index (χ2v) is 2.64. The van der Waals surface area contributed by atoms with Crippen LogP contribution in [-0.2, 0) is 4.79 Å². The Balaban J connectivity index is 2.22. The Hall–Kier alpha value is -0.710. The third-order valence-corrected chi connectivity index (χ3v) is 1.68. The quantitative estimate of drug-likeness (QED) is 0.578. The van der Waals surface area contributed by atoms with E-state index in [9.17, 15) is 4.79 Å². The van der Waals surface area contributed by atoms with E-state index in [1.807, 2.05) is 0 Å². The van der Waals surface area contributed by atoms with Gasteiger partial charge in [-0.25, -0.2) is 0 Å². The van der Waals surface area contributed by atoms with Gasteiger partial charge in [-0.2, -0.15) is 5.10 Å². The first kappa shape index (κ1) is 6.41. The molecule has 9 heavy (non-hydrogen) atoms. The number of nitrogens with one attached hydrogen (secondary N) is 1. The molecule has 0 bridgehead atoms. The highest BCUT2D eigenvalue weighted by Crippen LogP contribution is 2.12. The zero-order valence-corrected chi connectivity index (χ0v) is 5.39. The predicted molar refractivity (Wildman–Crippen MR) is 35.3 cm³/mol. The van der Waals surface area contributed by atoms with Crippen molar-refractivity contribution in [3.63, 3.8) is 0 Å². The molecule has 1 atom stereocenters. The molecule has 0 aromatic carbocycles. The van der Waals surface area contributed by atoms with Crippen molar-refractivity contribution in [2.45, 2.75) is 11.8 Å². The molecule has 4 nitrogen and oxygen atoms in total. The molecule has 1 aliphatic heterocycles. The summed E-state index contributed by atoms with van der Waals surface area (Å²) in [5.74, 6) is -0.800. The second kappa shape index (κ2) is 2.72. The Bertz CT molecular complexity index is 140. The second-order valence-electron chi connectivity index (χ2n) is 1.59. The van der Waals surface area contributed by atoms with Gasteiger partial charge in [0, 0.05) is 0 Å². The molecule has 0 aromatic rings. The lowest BCUT2D eigenvalue weighted by Gasteiger charge is -2.02. The number of carboxylic acid groups (broad SMARTS) is 1. The molecule has 0 aliphatic carbocycles. The molecule has 0 spiro atoms. The van der Waals surface area contributed by atoms with Crippen molar-refractivity contribution in [2.24, 2.45) is 5.10 Å². The third-order valence-electron chi connectivity index (χ3n) is 0.856. The summed E-state index contributed by atoms with van der Waals surface area (Å²) in [7, 11) is 0. The van der Waals surface area contributed by atoms with Gasteiger partial charge in [-0.3, -0.25) is 10.2 Å². The lowest BCUT2D eigenvalue weighted by Crippen LogP contribution is -2.19. The van der Waals surface area contributed by atoms with Gasteiger partial charge in [0.25, 0.3) is 0 Å². The minimum absolute atomic E-state index is 0.0671. The maximum atomic E-state index is 10.0. The molecule has 0 aromatic heterocycles. The van der Waals surface area contributed by atoms with Crippen LogP contribution in [0.15, 0.2) is 5.10 Å². The summed E-state index contributed by atoms with van der Waals surface area (Å²) in [6.07, 6.45) is 0.116. The summed E-state index contributed by atoms with van der Waals surface area (Å²) >= 11 is 1.39. The molecule has 0 fully saturated rings. The van der Waals surface area contributed by atoms with E-state index in [2.05, 4.69) is 10.5 Å². The lowest BCUT2D eigenvalue weighted by atomic mass is 10.4. The van der Waals surface area contributed by atoms with E-state index in [4.69, 9.17) is 5.11 Å². The smallest absolute Gasteiger partial charge is 0.306 e. The molecule has 0 saturated carbocycles. The Morgan fingerprint density at radius 1 is 2.00 bits per heavy atom. The number of nitrogens with zero attached hydrogens (tertiary/aromatic N) is 1. The number of aliphatic carboxylic acids is 1. The fourth-order valence-corrected chi connectivity index (χ4v) is 1.13. The van der Waals surface area contributed by atoms with Crippen LogP contribution < -0.4 is 5.43 Å². The minimum Gasteiger partial charge on any atom is -0.481 e. The standard InChI is InChI=1S/C4H6N2O2S/c7-4(8)1-3-6-5-2-9-3/h2-3,6H,1H2,(H,7,8). The molecule has 1 heterocycles. The van der Waals surface area contributed by atoms with Crippen LogP contribution in [0.5, 0.6) is 0 Å². The topological polar surface area (TPSA) is 61.7 Å². The highest BCUT2D eigenvalue weighted by molar-refractivity contribution is 8.12. The monoisotopic (exact) mass is 146 g/mol.